The first kappa shape index (κ1) is 21.1. The van der Waals surface area contributed by atoms with E-state index in [4.69, 9.17) is 9.84 Å². The lowest BCUT2D eigenvalue weighted by atomic mass is 9.45. The molecule has 0 aliphatic heterocycles. The molecular formula is C22H36O4. The molecule has 0 saturated heterocycles. The third-order valence-electron chi connectivity index (χ3n) is 7.36. The molecule has 5 atom stereocenters. The highest BCUT2D eigenvalue weighted by Gasteiger charge is 2.57. The van der Waals surface area contributed by atoms with Gasteiger partial charge in [-0.1, -0.05) is 38.8 Å². The number of hydrogen-bond acceptors (Lipinski definition) is 4. The Morgan fingerprint density at radius 1 is 1.31 bits per heavy atom. The SMILES string of the molecule is CC(=O)OC[C@@]1(C)CCC[C@@]2(C)[C@@H]1CC(=O)[C@@H](C)[C@@H]2CC/C(C)=C/CO. The maximum absolute atomic E-state index is 12.8. The first-order chi connectivity index (χ1) is 12.1. The molecule has 2 aliphatic rings. The van der Waals surface area contributed by atoms with Crippen LogP contribution < -0.4 is 0 Å². The molecule has 0 heterocycles. The summed E-state index contributed by atoms with van der Waals surface area (Å²) in [5.41, 5.74) is 1.17. The Labute approximate surface area is 158 Å². The minimum atomic E-state index is -0.240. The number of esters is 1. The standard InChI is InChI=1S/C22H36O4/c1-15(9-12-23)7-8-18-16(2)19(25)13-20-21(4,14-26-17(3)24)10-6-11-22(18,20)5/h9,16,18,20,23H,6-8,10-14H2,1-5H3/b15-9+/t16-,18-,20+,21+,22+/m0/s1. The van der Waals surface area contributed by atoms with Crippen LogP contribution in [0.4, 0.5) is 0 Å². The molecule has 0 unspecified atom stereocenters. The molecule has 148 valence electrons. The zero-order chi connectivity index (χ0) is 19.5. The fourth-order valence-electron chi connectivity index (χ4n) is 5.78. The summed E-state index contributed by atoms with van der Waals surface area (Å²) < 4.78 is 5.42. The highest BCUT2D eigenvalue weighted by atomic mass is 16.5. The van der Waals surface area contributed by atoms with Gasteiger partial charge in [0.1, 0.15) is 5.78 Å². The predicted molar refractivity (Wildman–Crippen MR) is 103 cm³/mol. The lowest BCUT2D eigenvalue weighted by molar-refractivity contribution is -0.163. The fourth-order valence-corrected chi connectivity index (χ4v) is 5.78. The van der Waals surface area contributed by atoms with Crippen LogP contribution in [0.25, 0.3) is 0 Å². The molecule has 0 amide bonds. The van der Waals surface area contributed by atoms with Crippen LogP contribution in [-0.4, -0.2) is 30.1 Å². The van der Waals surface area contributed by atoms with E-state index >= 15 is 0 Å². The number of ether oxygens (including phenoxy) is 1. The van der Waals surface area contributed by atoms with Gasteiger partial charge in [-0.15, -0.1) is 0 Å². The van der Waals surface area contributed by atoms with Gasteiger partial charge in [-0.3, -0.25) is 9.59 Å². The summed E-state index contributed by atoms with van der Waals surface area (Å²) in [6.07, 6.45) is 7.64. The molecule has 2 saturated carbocycles. The number of ketones is 1. The van der Waals surface area contributed by atoms with Gasteiger partial charge in [0.25, 0.3) is 0 Å². The number of aliphatic hydroxyl groups excluding tert-OH is 1. The van der Waals surface area contributed by atoms with Crippen molar-refractivity contribution in [3.05, 3.63) is 11.6 Å². The zero-order valence-corrected chi connectivity index (χ0v) is 17.1. The number of rotatable bonds is 6. The van der Waals surface area contributed by atoms with Crippen molar-refractivity contribution in [2.24, 2.45) is 28.6 Å². The fraction of sp³-hybridized carbons (Fsp3) is 0.818. The number of allylic oxidation sites excluding steroid dienone is 1. The Morgan fingerprint density at radius 2 is 2.00 bits per heavy atom. The van der Waals surface area contributed by atoms with E-state index in [-0.39, 0.29) is 35.2 Å². The van der Waals surface area contributed by atoms with Crippen molar-refractivity contribution in [2.75, 3.05) is 13.2 Å². The molecule has 1 N–H and O–H groups in total. The maximum Gasteiger partial charge on any atom is 0.302 e. The third-order valence-corrected chi connectivity index (χ3v) is 7.36. The summed E-state index contributed by atoms with van der Waals surface area (Å²) in [6, 6.07) is 0. The lowest BCUT2D eigenvalue weighted by Gasteiger charge is -2.59. The van der Waals surface area contributed by atoms with Crippen LogP contribution in [0.15, 0.2) is 11.6 Å². The average Bonchev–Trinajstić information content (AvgIpc) is 2.56. The molecule has 4 heteroatoms. The van der Waals surface area contributed by atoms with Crippen LogP contribution in [0.5, 0.6) is 0 Å². The molecule has 0 aromatic heterocycles. The van der Waals surface area contributed by atoms with Gasteiger partial charge in [-0.25, -0.2) is 0 Å². The molecule has 0 aromatic rings. The van der Waals surface area contributed by atoms with Crippen molar-refractivity contribution in [3.63, 3.8) is 0 Å². The van der Waals surface area contributed by atoms with Gasteiger partial charge in [0, 0.05) is 24.7 Å². The topological polar surface area (TPSA) is 63.6 Å². The molecule has 0 radical (unpaired) electrons. The third kappa shape index (κ3) is 4.21. The van der Waals surface area contributed by atoms with E-state index in [9.17, 15) is 9.59 Å². The van der Waals surface area contributed by atoms with Crippen LogP contribution in [0.1, 0.15) is 73.1 Å². The van der Waals surface area contributed by atoms with Crippen LogP contribution >= 0.6 is 0 Å². The number of hydrogen-bond donors (Lipinski definition) is 1. The van der Waals surface area contributed by atoms with Gasteiger partial charge in [0.05, 0.1) is 13.2 Å². The van der Waals surface area contributed by atoms with E-state index in [1.807, 2.05) is 6.08 Å². The van der Waals surface area contributed by atoms with Gasteiger partial charge in [0.15, 0.2) is 0 Å². The quantitative estimate of drug-likeness (QED) is 0.563. The molecule has 2 rings (SSSR count). The smallest absolute Gasteiger partial charge is 0.302 e. The molecule has 0 spiro atoms. The van der Waals surface area contributed by atoms with Crippen LogP contribution in [-0.2, 0) is 14.3 Å². The summed E-state index contributed by atoms with van der Waals surface area (Å²) in [4.78, 5) is 24.2. The molecular weight excluding hydrogens is 328 g/mol. The van der Waals surface area contributed by atoms with Crippen molar-refractivity contribution in [2.45, 2.75) is 73.1 Å². The second-order valence-electron chi connectivity index (χ2n) is 9.18. The minimum Gasteiger partial charge on any atom is -0.465 e. The number of aliphatic hydroxyl groups is 1. The zero-order valence-electron chi connectivity index (χ0n) is 17.1. The van der Waals surface area contributed by atoms with Crippen molar-refractivity contribution < 1.29 is 19.4 Å². The molecule has 2 fully saturated rings. The molecule has 0 bridgehead atoms. The van der Waals surface area contributed by atoms with E-state index < -0.39 is 0 Å². The normalized spacial score (nSPS) is 38.0. The lowest BCUT2D eigenvalue weighted by Crippen LogP contribution is -2.56. The Balaban J connectivity index is 2.27. The van der Waals surface area contributed by atoms with E-state index in [0.717, 1.165) is 32.1 Å². The van der Waals surface area contributed by atoms with Crippen molar-refractivity contribution in [1.82, 2.24) is 0 Å². The Bertz CT molecular complexity index is 566. The number of Topliss-reactive ketones (excluding diaryl/α,β-unsaturated/α-hetero) is 1. The summed E-state index contributed by atoms with van der Waals surface area (Å²) in [5, 5.41) is 9.11. The van der Waals surface area contributed by atoms with E-state index in [0.29, 0.717) is 24.7 Å². The number of carbonyl (C=O) groups excluding carboxylic acids is 2. The van der Waals surface area contributed by atoms with Gasteiger partial charge < -0.3 is 9.84 Å². The largest absolute Gasteiger partial charge is 0.465 e. The van der Waals surface area contributed by atoms with E-state index in [1.165, 1.54) is 12.5 Å². The maximum atomic E-state index is 12.8. The van der Waals surface area contributed by atoms with Gasteiger partial charge in [-0.05, 0) is 49.9 Å². The second kappa shape index (κ2) is 8.24. The first-order valence-electron chi connectivity index (χ1n) is 10.1. The Kier molecular flexibility index (Phi) is 6.70. The van der Waals surface area contributed by atoms with Crippen LogP contribution in [0.2, 0.25) is 0 Å². The van der Waals surface area contributed by atoms with Crippen LogP contribution in [0, 0.1) is 28.6 Å². The van der Waals surface area contributed by atoms with Gasteiger partial charge in [-0.2, -0.15) is 0 Å². The van der Waals surface area contributed by atoms with E-state index in [2.05, 4.69) is 27.7 Å². The molecule has 0 aromatic carbocycles. The highest BCUT2D eigenvalue weighted by molar-refractivity contribution is 5.82. The molecule has 26 heavy (non-hydrogen) atoms. The average molecular weight is 365 g/mol. The van der Waals surface area contributed by atoms with Gasteiger partial charge >= 0.3 is 5.97 Å². The Hall–Kier alpha value is -1.16. The predicted octanol–water partition coefficient (Wildman–Crippen LogP) is 4.31. The number of carbonyl (C=O) groups is 2. The van der Waals surface area contributed by atoms with E-state index in [1.54, 1.807) is 0 Å². The summed E-state index contributed by atoms with van der Waals surface area (Å²) in [7, 11) is 0. The monoisotopic (exact) mass is 364 g/mol. The Morgan fingerprint density at radius 3 is 2.62 bits per heavy atom. The summed E-state index contributed by atoms with van der Waals surface area (Å²) in [5.74, 6) is 0.800. The summed E-state index contributed by atoms with van der Waals surface area (Å²) >= 11 is 0. The highest BCUT2D eigenvalue weighted by Crippen LogP contribution is 2.61. The first-order valence-corrected chi connectivity index (χ1v) is 10.1. The number of fused-ring (bicyclic) bond motifs is 1. The minimum absolute atomic E-state index is 0.0747. The van der Waals surface area contributed by atoms with Crippen LogP contribution in [0.3, 0.4) is 0 Å². The molecule has 4 nitrogen and oxygen atoms in total. The van der Waals surface area contributed by atoms with Crippen molar-refractivity contribution in [3.8, 4) is 0 Å². The van der Waals surface area contributed by atoms with Gasteiger partial charge in [0.2, 0.25) is 0 Å². The second-order valence-corrected chi connectivity index (χ2v) is 9.18. The van der Waals surface area contributed by atoms with Crippen molar-refractivity contribution >= 4 is 11.8 Å². The molecule has 2 aliphatic carbocycles. The van der Waals surface area contributed by atoms with Crippen molar-refractivity contribution in [1.29, 1.82) is 0 Å². The summed E-state index contributed by atoms with van der Waals surface area (Å²) in [6.45, 7) is 10.7.